The van der Waals surface area contributed by atoms with Crippen molar-refractivity contribution in [2.45, 2.75) is 6.92 Å². The van der Waals surface area contributed by atoms with Crippen molar-refractivity contribution < 1.29 is 8.94 Å². The summed E-state index contributed by atoms with van der Waals surface area (Å²) in [5, 5.41) is 9.41. The summed E-state index contributed by atoms with van der Waals surface area (Å²) < 4.78 is 12.8. The zero-order valence-corrected chi connectivity index (χ0v) is 17.1. The SMILES string of the molecule is Cc1occc1-c1nc2s/c(=C\c3ccc4noc(-c5ccccc5)c4c3)c(=O)n2n1. The van der Waals surface area contributed by atoms with E-state index in [0.717, 1.165) is 27.6 Å². The van der Waals surface area contributed by atoms with Gasteiger partial charge in [-0.05, 0) is 36.8 Å². The first-order valence-electron chi connectivity index (χ1n) is 9.58. The molecule has 0 atom stereocenters. The first-order chi connectivity index (χ1) is 15.2. The molecule has 2 aromatic carbocycles. The van der Waals surface area contributed by atoms with E-state index in [1.54, 1.807) is 12.3 Å². The standard InChI is InChI=1S/C23H14N4O3S/c1-13-16(9-10-29-13)21-24-23-27(25-21)22(28)19(31-23)12-14-7-8-18-17(11-14)20(30-26-18)15-5-3-2-4-6-15/h2-12H,1H3/b19-12-. The summed E-state index contributed by atoms with van der Waals surface area (Å²) in [5.41, 5.74) is 3.18. The van der Waals surface area contributed by atoms with Gasteiger partial charge in [0.2, 0.25) is 4.96 Å². The number of furan rings is 1. The van der Waals surface area contributed by atoms with Crippen LogP contribution in [0.5, 0.6) is 0 Å². The molecular formula is C23H14N4O3S. The van der Waals surface area contributed by atoms with Crippen molar-refractivity contribution in [3.8, 4) is 22.7 Å². The molecule has 7 nitrogen and oxygen atoms in total. The molecule has 0 aliphatic heterocycles. The smallest absolute Gasteiger partial charge is 0.291 e. The number of rotatable bonds is 3. The van der Waals surface area contributed by atoms with Crippen LogP contribution >= 0.6 is 11.3 Å². The van der Waals surface area contributed by atoms with E-state index in [0.29, 0.717) is 26.8 Å². The lowest BCUT2D eigenvalue weighted by atomic mass is 10.1. The van der Waals surface area contributed by atoms with Crippen LogP contribution < -0.4 is 10.1 Å². The van der Waals surface area contributed by atoms with Crippen molar-refractivity contribution in [1.82, 2.24) is 19.8 Å². The van der Waals surface area contributed by atoms with Crippen LogP contribution in [0.4, 0.5) is 0 Å². The topological polar surface area (TPSA) is 86.4 Å². The maximum atomic E-state index is 12.9. The Morgan fingerprint density at radius 1 is 1.10 bits per heavy atom. The fraction of sp³-hybridized carbons (Fsp3) is 0.0435. The molecule has 4 heterocycles. The van der Waals surface area contributed by atoms with E-state index in [9.17, 15) is 4.79 Å². The molecule has 6 rings (SSSR count). The van der Waals surface area contributed by atoms with E-state index in [1.807, 2.05) is 61.5 Å². The van der Waals surface area contributed by atoms with Gasteiger partial charge in [0, 0.05) is 5.56 Å². The third-order valence-corrected chi connectivity index (χ3v) is 6.08. The van der Waals surface area contributed by atoms with Gasteiger partial charge in [0.05, 0.1) is 21.7 Å². The van der Waals surface area contributed by atoms with E-state index in [2.05, 4.69) is 15.2 Å². The zero-order valence-electron chi connectivity index (χ0n) is 16.3. The first kappa shape index (κ1) is 17.8. The van der Waals surface area contributed by atoms with Crippen LogP contribution in [0, 0.1) is 6.92 Å². The minimum Gasteiger partial charge on any atom is -0.469 e. The number of fused-ring (bicyclic) bond motifs is 2. The van der Waals surface area contributed by atoms with E-state index >= 15 is 0 Å². The summed E-state index contributed by atoms with van der Waals surface area (Å²) in [6, 6.07) is 17.4. The molecule has 0 bridgehead atoms. The number of aromatic nitrogens is 4. The Labute approximate surface area is 178 Å². The second-order valence-corrected chi connectivity index (χ2v) is 8.10. The highest BCUT2D eigenvalue weighted by molar-refractivity contribution is 7.15. The van der Waals surface area contributed by atoms with Gasteiger partial charge in [-0.25, -0.2) is 0 Å². The molecule has 31 heavy (non-hydrogen) atoms. The summed E-state index contributed by atoms with van der Waals surface area (Å²) in [5.74, 6) is 1.91. The largest absolute Gasteiger partial charge is 0.469 e. The Bertz CT molecular complexity index is 1670. The van der Waals surface area contributed by atoms with Gasteiger partial charge >= 0.3 is 0 Å². The second kappa shape index (κ2) is 6.75. The minimum absolute atomic E-state index is 0.200. The van der Waals surface area contributed by atoms with Crippen molar-refractivity contribution in [2.75, 3.05) is 0 Å². The summed E-state index contributed by atoms with van der Waals surface area (Å²) in [6.45, 7) is 1.84. The third-order valence-electron chi connectivity index (χ3n) is 5.12. The predicted octanol–water partition coefficient (Wildman–Crippen LogP) is 4.08. The maximum absolute atomic E-state index is 12.9. The van der Waals surface area contributed by atoms with Crippen molar-refractivity contribution in [3.63, 3.8) is 0 Å². The number of hydrogen-bond donors (Lipinski definition) is 0. The van der Waals surface area contributed by atoms with Crippen molar-refractivity contribution in [3.05, 3.63) is 87.1 Å². The van der Waals surface area contributed by atoms with E-state index in [1.165, 1.54) is 15.9 Å². The first-order valence-corrected chi connectivity index (χ1v) is 10.4. The van der Waals surface area contributed by atoms with Gasteiger partial charge in [0.1, 0.15) is 11.3 Å². The number of hydrogen-bond acceptors (Lipinski definition) is 7. The lowest BCUT2D eigenvalue weighted by Gasteiger charge is -1.97. The molecule has 0 radical (unpaired) electrons. The van der Waals surface area contributed by atoms with Crippen LogP contribution in [0.2, 0.25) is 0 Å². The van der Waals surface area contributed by atoms with E-state index in [4.69, 9.17) is 8.94 Å². The summed E-state index contributed by atoms with van der Waals surface area (Å²) in [6.07, 6.45) is 3.43. The monoisotopic (exact) mass is 426 g/mol. The average Bonchev–Trinajstić information content (AvgIpc) is 3.54. The van der Waals surface area contributed by atoms with Crippen LogP contribution in [-0.4, -0.2) is 19.8 Å². The number of thiazole rings is 1. The molecule has 0 N–H and O–H groups in total. The van der Waals surface area contributed by atoms with Gasteiger partial charge in [0.15, 0.2) is 11.6 Å². The molecule has 150 valence electrons. The minimum atomic E-state index is -0.200. The average molecular weight is 426 g/mol. The van der Waals surface area contributed by atoms with Gasteiger partial charge in [-0.3, -0.25) is 4.79 Å². The molecule has 0 spiro atoms. The Balaban J connectivity index is 1.46. The summed E-state index contributed by atoms with van der Waals surface area (Å²) in [7, 11) is 0. The van der Waals surface area contributed by atoms with Crippen LogP contribution in [-0.2, 0) is 0 Å². The van der Waals surface area contributed by atoms with Crippen LogP contribution in [0.1, 0.15) is 11.3 Å². The molecule has 0 aliphatic rings. The lowest BCUT2D eigenvalue weighted by Crippen LogP contribution is -2.23. The normalized spacial score (nSPS) is 12.4. The highest BCUT2D eigenvalue weighted by Crippen LogP contribution is 2.29. The number of nitrogens with zero attached hydrogens (tertiary/aromatic N) is 4. The van der Waals surface area contributed by atoms with Gasteiger partial charge in [0.25, 0.3) is 5.56 Å². The quantitative estimate of drug-likeness (QED) is 0.424. The zero-order chi connectivity index (χ0) is 20.9. The van der Waals surface area contributed by atoms with Gasteiger partial charge in [-0.1, -0.05) is 52.9 Å². The predicted molar refractivity (Wildman–Crippen MR) is 118 cm³/mol. The van der Waals surface area contributed by atoms with Crippen LogP contribution in [0.25, 0.3) is 44.7 Å². The fourth-order valence-corrected chi connectivity index (χ4v) is 4.47. The highest BCUT2D eigenvalue weighted by atomic mass is 32.1. The molecule has 0 saturated carbocycles. The van der Waals surface area contributed by atoms with Crippen LogP contribution in [0.3, 0.4) is 0 Å². The Kier molecular flexibility index (Phi) is 3.87. The van der Waals surface area contributed by atoms with Crippen molar-refractivity contribution in [1.29, 1.82) is 0 Å². The Morgan fingerprint density at radius 3 is 2.74 bits per heavy atom. The molecule has 0 fully saturated rings. The molecule has 0 saturated heterocycles. The Hall–Kier alpha value is -4.04. The summed E-state index contributed by atoms with van der Waals surface area (Å²) in [4.78, 5) is 17.9. The van der Waals surface area contributed by atoms with Crippen molar-refractivity contribution >= 4 is 33.3 Å². The second-order valence-electron chi connectivity index (χ2n) is 7.09. The highest BCUT2D eigenvalue weighted by Gasteiger charge is 2.15. The molecule has 4 aromatic heterocycles. The number of benzene rings is 2. The van der Waals surface area contributed by atoms with E-state index in [-0.39, 0.29) is 5.56 Å². The molecule has 0 unspecified atom stereocenters. The van der Waals surface area contributed by atoms with Gasteiger partial charge < -0.3 is 8.94 Å². The molecule has 6 aromatic rings. The Morgan fingerprint density at radius 2 is 1.97 bits per heavy atom. The van der Waals surface area contributed by atoms with E-state index < -0.39 is 0 Å². The fourth-order valence-electron chi connectivity index (χ4n) is 3.56. The molecular weight excluding hydrogens is 412 g/mol. The third kappa shape index (κ3) is 2.88. The molecule has 0 amide bonds. The van der Waals surface area contributed by atoms with Gasteiger partial charge in [-0.2, -0.15) is 9.50 Å². The number of aryl methyl sites for hydroxylation is 1. The molecule has 0 aliphatic carbocycles. The molecule has 8 heteroatoms. The summed E-state index contributed by atoms with van der Waals surface area (Å²) >= 11 is 1.30. The van der Waals surface area contributed by atoms with Crippen LogP contribution in [0.15, 0.2) is 74.6 Å². The maximum Gasteiger partial charge on any atom is 0.291 e. The van der Waals surface area contributed by atoms with Gasteiger partial charge in [-0.15, -0.1) is 5.10 Å². The lowest BCUT2D eigenvalue weighted by molar-refractivity contribution is 0.441. The van der Waals surface area contributed by atoms with Crippen molar-refractivity contribution in [2.24, 2.45) is 0 Å².